The van der Waals surface area contributed by atoms with E-state index in [-0.39, 0.29) is 0 Å². The zero-order valence-electron chi connectivity index (χ0n) is 11.5. The third kappa shape index (κ3) is 3.24. The van der Waals surface area contributed by atoms with Crippen LogP contribution >= 0.6 is 0 Å². The third-order valence-electron chi connectivity index (χ3n) is 3.17. The number of anilines is 2. The zero-order valence-corrected chi connectivity index (χ0v) is 11.5. The Bertz CT molecular complexity index is 520. The summed E-state index contributed by atoms with van der Waals surface area (Å²) in [5.74, 6) is 1.33. The summed E-state index contributed by atoms with van der Waals surface area (Å²) in [6, 6.07) is 7.85. The highest BCUT2D eigenvalue weighted by Gasteiger charge is 2.11. The minimum atomic E-state index is 0.658. The van der Waals surface area contributed by atoms with Crippen LogP contribution < -0.4 is 10.6 Å². The number of benzene rings is 1. The number of nitrogens with zero attached hydrogens (tertiary/aromatic N) is 3. The lowest BCUT2D eigenvalue weighted by Crippen LogP contribution is -2.23. The highest BCUT2D eigenvalue weighted by Crippen LogP contribution is 2.15. The van der Waals surface area contributed by atoms with Crippen molar-refractivity contribution in [1.82, 2.24) is 10.1 Å². The second-order valence-electron chi connectivity index (χ2n) is 4.36. The molecule has 1 aromatic heterocycles. The molecule has 0 saturated heterocycles. The summed E-state index contributed by atoms with van der Waals surface area (Å²) in [4.78, 5) is 6.46. The molecule has 5 heteroatoms. The minimum absolute atomic E-state index is 0.658. The number of rotatable bonds is 6. The molecule has 0 fully saturated rings. The van der Waals surface area contributed by atoms with Crippen LogP contribution in [0.1, 0.15) is 25.3 Å². The van der Waals surface area contributed by atoms with Gasteiger partial charge < -0.3 is 15.2 Å². The fraction of sp³-hybridized carbons (Fsp3) is 0.429. The summed E-state index contributed by atoms with van der Waals surface area (Å²) >= 11 is 0. The first-order chi connectivity index (χ1) is 9.24. The van der Waals surface area contributed by atoms with E-state index in [1.54, 1.807) is 0 Å². The van der Waals surface area contributed by atoms with Gasteiger partial charge in [0, 0.05) is 25.2 Å². The summed E-state index contributed by atoms with van der Waals surface area (Å²) < 4.78 is 5.27. The van der Waals surface area contributed by atoms with Crippen molar-refractivity contribution in [2.75, 3.05) is 23.7 Å². The maximum atomic E-state index is 5.91. The Morgan fingerprint density at radius 2 is 1.89 bits per heavy atom. The summed E-state index contributed by atoms with van der Waals surface area (Å²) in [7, 11) is 0. The molecule has 0 aliphatic carbocycles. The van der Waals surface area contributed by atoms with Gasteiger partial charge in [0.2, 0.25) is 5.89 Å². The van der Waals surface area contributed by atoms with Gasteiger partial charge in [-0.15, -0.1) is 0 Å². The van der Waals surface area contributed by atoms with Crippen molar-refractivity contribution >= 4 is 11.6 Å². The van der Waals surface area contributed by atoms with Gasteiger partial charge in [-0.05, 0) is 37.1 Å². The van der Waals surface area contributed by atoms with Crippen LogP contribution in [0.3, 0.4) is 0 Å². The van der Waals surface area contributed by atoms with Crippen molar-refractivity contribution in [2.45, 2.75) is 26.7 Å². The Kier molecular flexibility index (Phi) is 4.39. The number of nitrogen functional groups attached to an aromatic ring is 1. The summed E-state index contributed by atoms with van der Waals surface area (Å²) in [5, 5.41) is 4.00. The first kappa shape index (κ1) is 13.4. The van der Waals surface area contributed by atoms with Gasteiger partial charge in [0.15, 0.2) is 0 Å². The lowest BCUT2D eigenvalue weighted by molar-refractivity contribution is 0.377. The smallest absolute Gasteiger partial charge is 0.266 e. The first-order valence-electron chi connectivity index (χ1n) is 6.65. The van der Waals surface area contributed by atoms with Gasteiger partial charge in [-0.2, -0.15) is 4.98 Å². The number of hydrogen-bond acceptors (Lipinski definition) is 5. The van der Waals surface area contributed by atoms with Crippen LogP contribution in [0.15, 0.2) is 28.8 Å². The Morgan fingerprint density at radius 3 is 2.58 bits per heavy atom. The van der Waals surface area contributed by atoms with Crippen LogP contribution in [0.5, 0.6) is 0 Å². The molecule has 0 bridgehead atoms. The Balaban J connectivity index is 1.99. The van der Waals surface area contributed by atoms with Gasteiger partial charge in [-0.1, -0.05) is 18.2 Å². The molecule has 19 heavy (non-hydrogen) atoms. The topological polar surface area (TPSA) is 68.2 Å². The van der Waals surface area contributed by atoms with Gasteiger partial charge in [0.1, 0.15) is 0 Å². The Labute approximate surface area is 113 Å². The molecule has 2 aromatic rings. The van der Waals surface area contributed by atoms with Crippen LogP contribution in [0.2, 0.25) is 0 Å². The fourth-order valence-corrected chi connectivity index (χ4v) is 1.99. The van der Waals surface area contributed by atoms with E-state index >= 15 is 0 Å². The predicted octanol–water partition coefficient (Wildman–Crippen LogP) is 2.28. The monoisotopic (exact) mass is 260 g/mol. The lowest BCUT2D eigenvalue weighted by Gasteiger charge is -2.14. The van der Waals surface area contributed by atoms with Crippen LogP contribution in [-0.4, -0.2) is 23.2 Å². The van der Waals surface area contributed by atoms with Gasteiger partial charge in [-0.25, -0.2) is 0 Å². The van der Waals surface area contributed by atoms with Gasteiger partial charge >= 0.3 is 0 Å². The quantitative estimate of drug-likeness (QED) is 0.807. The molecule has 0 radical (unpaired) electrons. The standard InChI is InChI=1S/C14H20N4O/c1-3-18(4-2)14-16-13(19-17-14)10-9-11-7-5-6-8-12(11)15/h5-8H,3-4,9-10,15H2,1-2H3. The molecule has 0 unspecified atom stereocenters. The second kappa shape index (κ2) is 6.22. The van der Waals surface area contributed by atoms with E-state index in [0.717, 1.165) is 30.8 Å². The number of para-hydroxylation sites is 1. The second-order valence-corrected chi connectivity index (χ2v) is 4.36. The van der Waals surface area contributed by atoms with Crippen LogP contribution in [0.4, 0.5) is 11.6 Å². The van der Waals surface area contributed by atoms with Crippen molar-refractivity contribution in [3.05, 3.63) is 35.7 Å². The molecule has 0 aliphatic heterocycles. The number of hydrogen-bond donors (Lipinski definition) is 1. The molecule has 1 heterocycles. The highest BCUT2D eigenvalue weighted by molar-refractivity contribution is 5.46. The number of aryl methyl sites for hydroxylation is 2. The molecule has 0 amide bonds. The predicted molar refractivity (Wildman–Crippen MR) is 76.1 cm³/mol. The van der Waals surface area contributed by atoms with E-state index in [4.69, 9.17) is 10.3 Å². The van der Waals surface area contributed by atoms with E-state index in [1.807, 2.05) is 24.3 Å². The van der Waals surface area contributed by atoms with E-state index in [2.05, 4.69) is 28.9 Å². The normalized spacial score (nSPS) is 10.6. The Morgan fingerprint density at radius 1 is 1.16 bits per heavy atom. The third-order valence-corrected chi connectivity index (χ3v) is 3.17. The summed E-state index contributed by atoms with van der Waals surface area (Å²) in [6.07, 6.45) is 1.52. The van der Waals surface area contributed by atoms with Crippen molar-refractivity contribution in [3.63, 3.8) is 0 Å². The average molecular weight is 260 g/mol. The number of nitrogens with two attached hydrogens (primary N) is 1. The van der Waals surface area contributed by atoms with Crippen molar-refractivity contribution in [1.29, 1.82) is 0 Å². The van der Waals surface area contributed by atoms with E-state index in [0.29, 0.717) is 18.3 Å². The largest absolute Gasteiger partial charge is 0.399 e. The maximum Gasteiger partial charge on any atom is 0.266 e. The summed E-state index contributed by atoms with van der Waals surface area (Å²) in [5.41, 5.74) is 7.83. The van der Waals surface area contributed by atoms with E-state index in [9.17, 15) is 0 Å². The highest BCUT2D eigenvalue weighted by atomic mass is 16.5. The molecule has 0 aliphatic rings. The molecule has 2 rings (SSSR count). The lowest BCUT2D eigenvalue weighted by atomic mass is 10.1. The molecule has 0 spiro atoms. The molecule has 102 valence electrons. The molecule has 5 nitrogen and oxygen atoms in total. The molecule has 0 saturated carbocycles. The number of aromatic nitrogens is 2. The fourth-order valence-electron chi connectivity index (χ4n) is 1.99. The molecular formula is C14H20N4O. The van der Waals surface area contributed by atoms with Gasteiger partial charge in [0.05, 0.1) is 0 Å². The molecular weight excluding hydrogens is 240 g/mol. The first-order valence-corrected chi connectivity index (χ1v) is 6.65. The van der Waals surface area contributed by atoms with Crippen LogP contribution in [-0.2, 0) is 12.8 Å². The minimum Gasteiger partial charge on any atom is -0.399 e. The van der Waals surface area contributed by atoms with Crippen molar-refractivity contribution in [3.8, 4) is 0 Å². The molecule has 2 N–H and O–H groups in total. The van der Waals surface area contributed by atoms with Gasteiger partial charge in [-0.3, -0.25) is 0 Å². The average Bonchev–Trinajstić information content (AvgIpc) is 2.88. The molecule has 0 atom stereocenters. The van der Waals surface area contributed by atoms with E-state index < -0.39 is 0 Å². The van der Waals surface area contributed by atoms with E-state index in [1.165, 1.54) is 0 Å². The van der Waals surface area contributed by atoms with Crippen molar-refractivity contribution < 1.29 is 4.52 Å². The summed E-state index contributed by atoms with van der Waals surface area (Å²) in [6.45, 7) is 5.90. The van der Waals surface area contributed by atoms with Gasteiger partial charge in [0.25, 0.3) is 5.95 Å². The molecule has 1 aromatic carbocycles. The van der Waals surface area contributed by atoms with Crippen molar-refractivity contribution in [2.24, 2.45) is 0 Å². The zero-order chi connectivity index (χ0) is 13.7. The van der Waals surface area contributed by atoms with Crippen LogP contribution in [0, 0.1) is 0 Å². The SMILES string of the molecule is CCN(CC)c1noc(CCc2ccccc2N)n1. The van der Waals surface area contributed by atoms with Crippen LogP contribution in [0.25, 0.3) is 0 Å². The Hall–Kier alpha value is -2.04. The maximum absolute atomic E-state index is 5.91.